The molecule has 1 aliphatic heterocycles. The Labute approximate surface area is 166 Å². The van der Waals surface area contributed by atoms with Gasteiger partial charge in [-0.1, -0.05) is 30.3 Å². The summed E-state index contributed by atoms with van der Waals surface area (Å²) in [6, 6.07) is 14.2. The molecule has 1 aliphatic carbocycles. The van der Waals surface area contributed by atoms with E-state index in [1.807, 2.05) is 43.1 Å². The van der Waals surface area contributed by atoms with Crippen molar-refractivity contribution in [3.8, 4) is 0 Å². The fourth-order valence-corrected chi connectivity index (χ4v) is 4.31. The Kier molecular flexibility index (Phi) is 5.07. The third kappa shape index (κ3) is 3.49. The fourth-order valence-electron chi connectivity index (χ4n) is 4.31. The van der Waals surface area contributed by atoms with Crippen LogP contribution in [-0.4, -0.2) is 30.4 Å². The van der Waals surface area contributed by atoms with Gasteiger partial charge in [0.15, 0.2) is 0 Å². The predicted molar refractivity (Wildman–Crippen MR) is 112 cm³/mol. The molecule has 2 aromatic rings. The van der Waals surface area contributed by atoms with Crippen molar-refractivity contribution < 1.29 is 9.59 Å². The summed E-state index contributed by atoms with van der Waals surface area (Å²) in [7, 11) is 1.87. The first-order valence-corrected chi connectivity index (χ1v) is 10.1. The molecule has 28 heavy (non-hydrogen) atoms. The molecule has 5 nitrogen and oxygen atoms in total. The maximum atomic E-state index is 13.0. The summed E-state index contributed by atoms with van der Waals surface area (Å²) in [4.78, 5) is 28.7. The third-order valence-electron chi connectivity index (χ3n) is 5.97. The Morgan fingerprint density at radius 1 is 1.14 bits per heavy atom. The van der Waals surface area contributed by atoms with Gasteiger partial charge in [0, 0.05) is 31.4 Å². The van der Waals surface area contributed by atoms with E-state index >= 15 is 0 Å². The minimum atomic E-state index is -0.116. The summed E-state index contributed by atoms with van der Waals surface area (Å²) in [5, 5.41) is 3.07. The number of hydrogen-bond acceptors (Lipinski definition) is 2. The van der Waals surface area contributed by atoms with Gasteiger partial charge in [-0.05, 0) is 61.4 Å². The van der Waals surface area contributed by atoms with Crippen molar-refractivity contribution in [2.75, 3.05) is 23.8 Å². The summed E-state index contributed by atoms with van der Waals surface area (Å²) < 4.78 is 0. The van der Waals surface area contributed by atoms with Crippen molar-refractivity contribution in [2.45, 2.75) is 45.1 Å². The quantitative estimate of drug-likeness (QED) is 0.845. The molecular formula is C23H27N3O2. The second kappa shape index (κ2) is 7.66. The van der Waals surface area contributed by atoms with E-state index in [0.717, 1.165) is 49.2 Å². The predicted octanol–water partition coefficient (Wildman–Crippen LogP) is 4.66. The molecule has 1 heterocycles. The Bertz CT molecular complexity index is 908. The molecule has 5 heteroatoms. The molecule has 0 spiro atoms. The van der Waals surface area contributed by atoms with Gasteiger partial charge < -0.3 is 15.1 Å². The van der Waals surface area contributed by atoms with Crippen LogP contribution in [0.2, 0.25) is 0 Å². The van der Waals surface area contributed by atoms with Gasteiger partial charge in [-0.2, -0.15) is 0 Å². The topological polar surface area (TPSA) is 52.7 Å². The monoisotopic (exact) mass is 377 g/mol. The van der Waals surface area contributed by atoms with E-state index in [9.17, 15) is 9.59 Å². The van der Waals surface area contributed by atoms with Crippen molar-refractivity contribution in [1.82, 2.24) is 4.90 Å². The number of amides is 3. The highest BCUT2D eigenvalue weighted by Crippen LogP contribution is 2.34. The van der Waals surface area contributed by atoms with Gasteiger partial charge in [0.2, 0.25) is 5.91 Å². The van der Waals surface area contributed by atoms with Crippen molar-refractivity contribution in [2.24, 2.45) is 0 Å². The second-order valence-corrected chi connectivity index (χ2v) is 7.80. The zero-order valence-corrected chi connectivity index (χ0v) is 16.6. The van der Waals surface area contributed by atoms with E-state index in [4.69, 9.17) is 0 Å². The molecular weight excluding hydrogens is 350 g/mol. The number of hydrogen-bond donors (Lipinski definition) is 1. The Hall–Kier alpha value is -2.82. The van der Waals surface area contributed by atoms with E-state index in [0.29, 0.717) is 6.42 Å². The Morgan fingerprint density at radius 3 is 2.75 bits per heavy atom. The molecule has 2 aromatic carbocycles. The molecule has 4 rings (SSSR count). The third-order valence-corrected chi connectivity index (χ3v) is 5.97. The number of carbonyl (C=O) groups excluding carboxylic acids is 2. The van der Waals surface area contributed by atoms with Crippen LogP contribution < -0.4 is 10.2 Å². The number of urea groups is 1. The molecule has 3 amide bonds. The minimum Gasteiger partial charge on any atom is -0.321 e. The molecule has 2 aliphatic rings. The Balaban J connectivity index is 1.53. The summed E-state index contributed by atoms with van der Waals surface area (Å²) in [5.41, 5.74) is 5.19. The number of fused-ring (bicyclic) bond motifs is 1. The van der Waals surface area contributed by atoms with Gasteiger partial charge in [0.1, 0.15) is 0 Å². The highest BCUT2D eigenvalue weighted by molar-refractivity contribution is 5.97. The zero-order valence-electron chi connectivity index (χ0n) is 16.6. The molecule has 0 unspecified atom stereocenters. The molecule has 1 N–H and O–H groups in total. The second-order valence-electron chi connectivity index (χ2n) is 7.80. The van der Waals surface area contributed by atoms with Gasteiger partial charge in [-0.15, -0.1) is 0 Å². The van der Waals surface area contributed by atoms with Crippen LogP contribution in [0.5, 0.6) is 0 Å². The van der Waals surface area contributed by atoms with Crippen molar-refractivity contribution in [3.63, 3.8) is 0 Å². The highest BCUT2D eigenvalue weighted by atomic mass is 16.2. The van der Waals surface area contributed by atoms with Gasteiger partial charge in [0.25, 0.3) is 0 Å². The maximum absolute atomic E-state index is 13.0. The average molecular weight is 377 g/mol. The van der Waals surface area contributed by atoms with E-state index < -0.39 is 0 Å². The molecule has 146 valence electrons. The van der Waals surface area contributed by atoms with Crippen LogP contribution in [0.25, 0.3) is 0 Å². The number of aryl methyl sites for hydroxylation is 2. The van der Waals surface area contributed by atoms with Crippen LogP contribution in [0.1, 0.15) is 48.4 Å². The molecule has 0 radical (unpaired) electrons. The van der Waals surface area contributed by atoms with Crippen LogP contribution >= 0.6 is 0 Å². The Morgan fingerprint density at radius 2 is 1.96 bits per heavy atom. The van der Waals surface area contributed by atoms with E-state index in [2.05, 4.69) is 23.5 Å². The van der Waals surface area contributed by atoms with Crippen molar-refractivity contribution >= 4 is 23.3 Å². The molecule has 0 bridgehead atoms. The lowest BCUT2D eigenvalue weighted by molar-refractivity contribution is -0.117. The first-order chi connectivity index (χ1) is 13.5. The number of rotatable bonds is 3. The smallest absolute Gasteiger partial charge is 0.321 e. The van der Waals surface area contributed by atoms with E-state index in [-0.39, 0.29) is 18.0 Å². The number of benzene rings is 2. The summed E-state index contributed by atoms with van der Waals surface area (Å²) in [6.45, 7) is 2.72. The first kappa shape index (κ1) is 18.5. The summed E-state index contributed by atoms with van der Waals surface area (Å²) in [6.07, 6.45) is 4.62. The van der Waals surface area contributed by atoms with Gasteiger partial charge in [-0.25, -0.2) is 4.79 Å². The lowest BCUT2D eigenvalue weighted by Gasteiger charge is -2.33. The molecule has 0 saturated carbocycles. The maximum Gasteiger partial charge on any atom is 0.322 e. The molecule has 1 saturated heterocycles. The number of nitrogens with one attached hydrogen (secondary N) is 1. The molecule has 1 atom stereocenters. The van der Waals surface area contributed by atoms with Gasteiger partial charge in [0.05, 0.1) is 6.04 Å². The van der Waals surface area contributed by atoms with Crippen LogP contribution in [-0.2, 0) is 11.2 Å². The number of nitrogens with zero attached hydrogens (tertiary/aromatic N) is 2. The average Bonchev–Trinajstić information content (AvgIpc) is 3.14. The van der Waals surface area contributed by atoms with Crippen LogP contribution in [0.15, 0.2) is 42.5 Å². The SMILES string of the molecule is Cc1ccc(N2CCCC2=O)cc1NC(=O)N(C)[C@H]1CCCc2ccccc21. The van der Waals surface area contributed by atoms with E-state index in [1.54, 1.807) is 4.90 Å². The summed E-state index contributed by atoms with van der Waals surface area (Å²) in [5.74, 6) is 0.150. The van der Waals surface area contributed by atoms with E-state index in [1.165, 1.54) is 11.1 Å². The van der Waals surface area contributed by atoms with Crippen molar-refractivity contribution in [3.05, 3.63) is 59.2 Å². The largest absolute Gasteiger partial charge is 0.322 e. The highest BCUT2D eigenvalue weighted by Gasteiger charge is 2.27. The molecule has 1 fully saturated rings. The first-order valence-electron chi connectivity index (χ1n) is 10.1. The molecule has 0 aromatic heterocycles. The minimum absolute atomic E-state index is 0.0913. The zero-order chi connectivity index (χ0) is 19.7. The fraction of sp³-hybridized carbons (Fsp3) is 0.391. The van der Waals surface area contributed by atoms with Gasteiger partial charge >= 0.3 is 6.03 Å². The lowest BCUT2D eigenvalue weighted by Crippen LogP contribution is -2.36. The summed E-state index contributed by atoms with van der Waals surface area (Å²) >= 11 is 0. The van der Waals surface area contributed by atoms with Crippen LogP contribution in [0.4, 0.5) is 16.2 Å². The van der Waals surface area contributed by atoms with Crippen LogP contribution in [0.3, 0.4) is 0 Å². The van der Waals surface area contributed by atoms with Crippen molar-refractivity contribution in [1.29, 1.82) is 0 Å². The normalized spacial score (nSPS) is 18.7. The van der Waals surface area contributed by atoms with Gasteiger partial charge in [-0.3, -0.25) is 4.79 Å². The number of anilines is 2. The standard InChI is InChI=1S/C23H27N3O2/c1-16-12-13-18(26-14-6-11-22(26)27)15-20(16)24-23(28)25(2)21-10-5-8-17-7-3-4-9-19(17)21/h3-4,7,9,12-13,15,21H,5-6,8,10-11,14H2,1-2H3,(H,24,28)/t21-/m0/s1. The van der Waals surface area contributed by atoms with Crippen LogP contribution in [0, 0.1) is 6.92 Å². The number of carbonyl (C=O) groups is 2. The lowest BCUT2D eigenvalue weighted by atomic mass is 9.87.